The van der Waals surface area contributed by atoms with E-state index in [2.05, 4.69) is 5.18 Å². The highest BCUT2D eigenvalue weighted by atomic mass is 19.1. The second-order valence-electron chi connectivity index (χ2n) is 3.49. The van der Waals surface area contributed by atoms with Gasteiger partial charge in [0.25, 0.3) is 5.91 Å². The molecule has 0 atom stereocenters. The van der Waals surface area contributed by atoms with Crippen LogP contribution in [0.4, 0.5) is 10.1 Å². The monoisotopic (exact) mass is 208 g/mol. The van der Waals surface area contributed by atoms with E-state index in [0.717, 1.165) is 0 Å². The Bertz CT molecular complexity index is 445. The zero-order valence-corrected chi connectivity index (χ0v) is 8.16. The molecule has 0 saturated heterocycles. The summed E-state index contributed by atoms with van der Waals surface area (Å²) in [5, 5.41) is 2.75. The first kappa shape index (κ1) is 9.76. The maximum absolute atomic E-state index is 13.4. The molecule has 0 radical (unpaired) electrons. The molecule has 78 valence electrons. The number of rotatable bonds is 1. The normalized spacial score (nSPS) is 15.1. The van der Waals surface area contributed by atoms with Gasteiger partial charge in [0.15, 0.2) is 0 Å². The number of nitroso groups, excluding NO2 is 1. The highest BCUT2D eigenvalue weighted by molar-refractivity contribution is 6.01. The molecule has 4 nitrogen and oxygen atoms in total. The molecule has 0 spiro atoms. The van der Waals surface area contributed by atoms with Gasteiger partial charge in [0, 0.05) is 19.2 Å². The molecular weight excluding hydrogens is 199 g/mol. The van der Waals surface area contributed by atoms with Crippen molar-refractivity contribution < 1.29 is 9.18 Å². The lowest BCUT2D eigenvalue weighted by Crippen LogP contribution is -2.34. The van der Waals surface area contributed by atoms with E-state index >= 15 is 0 Å². The molecular formula is C10H9FN2O2. The maximum atomic E-state index is 13.4. The highest BCUT2D eigenvalue weighted by Crippen LogP contribution is 2.29. The molecule has 1 aliphatic rings. The van der Waals surface area contributed by atoms with Gasteiger partial charge in [-0.05, 0) is 23.7 Å². The molecule has 2 rings (SSSR count). The molecule has 0 aromatic heterocycles. The number of fused-ring (bicyclic) bond motifs is 1. The van der Waals surface area contributed by atoms with E-state index < -0.39 is 5.82 Å². The number of carbonyl (C=O) groups excluding carboxylic acids is 1. The maximum Gasteiger partial charge on any atom is 0.256 e. The summed E-state index contributed by atoms with van der Waals surface area (Å²) in [6.07, 6.45) is 0.423. The van der Waals surface area contributed by atoms with E-state index in [4.69, 9.17) is 0 Å². The second-order valence-corrected chi connectivity index (χ2v) is 3.49. The third-order valence-electron chi connectivity index (χ3n) is 2.59. The summed E-state index contributed by atoms with van der Waals surface area (Å²) in [7, 11) is 1.62. The van der Waals surface area contributed by atoms with Crippen LogP contribution in [0.25, 0.3) is 0 Å². The molecule has 1 heterocycles. The predicted octanol–water partition coefficient (Wildman–Crippen LogP) is 1.85. The minimum absolute atomic E-state index is 0.0166. The fraction of sp³-hybridized carbons (Fsp3) is 0.300. The summed E-state index contributed by atoms with van der Waals surface area (Å²) < 4.78 is 13.4. The second kappa shape index (κ2) is 3.42. The van der Waals surface area contributed by atoms with E-state index in [9.17, 15) is 14.1 Å². The minimum atomic E-state index is -0.446. The van der Waals surface area contributed by atoms with Crippen molar-refractivity contribution >= 4 is 11.6 Å². The van der Waals surface area contributed by atoms with Crippen LogP contribution in [-0.2, 0) is 6.42 Å². The third-order valence-corrected chi connectivity index (χ3v) is 2.59. The van der Waals surface area contributed by atoms with Crippen LogP contribution in [0.5, 0.6) is 0 Å². The Labute approximate surface area is 85.7 Å². The van der Waals surface area contributed by atoms with Crippen LogP contribution in [0.2, 0.25) is 0 Å². The Morgan fingerprint density at radius 1 is 1.47 bits per heavy atom. The van der Waals surface area contributed by atoms with Crippen molar-refractivity contribution in [2.45, 2.75) is 6.42 Å². The molecule has 0 fully saturated rings. The smallest absolute Gasteiger partial charge is 0.256 e. The lowest BCUT2D eigenvalue weighted by molar-refractivity contribution is 0.0780. The van der Waals surface area contributed by atoms with Gasteiger partial charge >= 0.3 is 0 Å². The van der Waals surface area contributed by atoms with Gasteiger partial charge in [-0.2, -0.15) is 0 Å². The number of hydrogen-bond acceptors (Lipinski definition) is 3. The number of carbonyl (C=O) groups is 1. The molecule has 0 unspecified atom stereocenters. The van der Waals surface area contributed by atoms with Crippen LogP contribution in [0.3, 0.4) is 0 Å². The number of hydrogen-bond donors (Lipinski definition) is 0. The Kier molecular flexibility index (Phi) is 2.22. The van der Waals surface area contributed by atoms with Crippen molar-refractivity contribution in [1.29, 1.82) is 0 Å². The zero-order chi connectivity index (χ0) is 11.0. The summed E-state index contributed by atoms with van der Waals surface area (Å²) in [5.41, 5.74) is 0.428. The summed E-state index contributed by atoms with van der Waals surface area (Å²) in [4.78, 5) is 23.7. The zero-order valence-electron chi connectivity index (χ0n) is 8.16. The Morgan fingerprint density at radius 2 is 2.20 bits per heavy atom. The quantitative estimate of drug-likeness (QED) is 0.661. The van der Waals surface area contributed by atoms with Gasteiger partial charge in [-0.1, -0.05) is 0 Å². The molecule has 15 heavy (non-hydrogen) atoms. The van der Waals surface area contributed by atoms with Crippen LogP contribution in [0, 0.1) is 10.7 Å². The molecule has 1 amide bonds. The Balaban J connectivity index is 2.68. The Morgan fingerprint density at radius 3 is 2.87 bits per heavy atom. The van der Waals surface area contributed by atoms with Crippen LogP contribution in [0.1, 0.15) is 15.9 Å². The van der Waals surface area contributed by atoms with Gasteiger partial charge in [-0.15, -0.1) is 4.91 Å². The van der Waals surface area contributed by atoms with E-state index in [-0.39, 0.29) is 17.2 Å². The lowest BCUT2D eigenvalue weighted by Gasteiger charge is -2.25. The highest BCUT2D eigenvalue weighted by Gasteiger charge is 2.27. The number of benzene rings is 1. The van der Waals surface area contributed by atoms with Crippen molar-refractivity contribution in [2.24, 2.45) is 5.18 Å². The Hall–Kier alpha value is -1.78. The molecule has 1 aliphatic heterocycles. The first-order valence-electron chi connectivity index (χ1n) is 4.55. The van der Waals surface area contributed by atoms with E-state index in [1.54, 1.807) is 7.05 Å². The molecule has 0 bridgehead atoms. The van der Waals surface area contributed by atoms with Gasteiger partial charge in [0.1, 0.15) is 11.5 Å². The van der Waals surface area contributed by atoms with Crippen molar-refractivity contribution in [3.05, 3.63) is 34.0 Å². The number of likely N-dealkylation sites (N-methyl/N-ethyl adjacent to an activating group) is 1. The molecule has 1 aromatic rings. The third kappa shape index (κ3) is 1.40. The van der Waals surface area contributed by atoms with Gasteiger partial charge in [0.2, 0.25) is 0 Å². The van der Waals surface area contributed by atoms with Crippen molar-refractivity contribution in [3.8, 4) is 0 Å². The summed E-state index contributed by atoms with van der Waals surface area (Å²) in [6.45, 7) is 0.463. The fourth-order valence-corrected chi connectivity index (χ4v) is 1.74. The minimum Gasteiger partial charge on any atom is -0.341 e. The molecule has 0 saturated carbocycles. The van der Waals surface area contributed by atoms with Gasteiger partial charge < -0.3 is 4.90 Å². The fourth-order valence-electron chi connectivity index (χ4n) is 1.74. The van der Waals surface area contributed by atoms with E-state index in [1.807, 2.05) is 0 Å². The number of amides is 1. The van der Waals surface area contributed by atoms with Crippen molar-refractivity contribution in [2.75, 3.05) is 13.6 Å². The van der Waals surface area contributed by atoms with Crippen molar-refractivity contribution in [3.63, 3.8) is 0 Å². The van der Waals surface area contributed by atoms with Crippen LogP contribution in [0.15, 0.2) is 17.3 Å². The van der Waals surface area contributed by atoms with Crippen LogP contribution >= 0.6 is 0 Å². The average Bonchev–Trinajstić information content (AvgIpc) is 2.24. The van der Waals surface area contributed by atoms with E-state index in [1.165, 1.54) is 17.0 Å². The van der Waals surface area contributed by atoms with Crippen LogP contribution < -0.4 is 0 Å². The van der Waals surface area contributed by atoms with E-state index in [0.29, 0.717) is 18.5 Å². The topological polar surface area (TPSA) is 49.7 Å². The number of nitrogens with zero attached hydrogens (tertiary/aromatic N) is 2. The SMILES string of the molecule is CN1CCc2c(F)ccc(N=O)c2C1=O. The van der Waals surface area contributed by atoms with Gasteiger partial charge in [-0.3, -0.25) is 4.79 Å². The summed E-state index contributed by atoms with van der Waals surface area (Å²) >= 11 is 0. The first-order chi connectivity index (χ1) is 7.15. The summed E-state index contributed by atoms with van der Waals surface area (Å²) in [6, 6.07) is 2.41. The van der Waals surface area contributed by atoms with Crippen LogP contribution in [-0.4, -0.2) is 24.4 Å². The van der Waals surface area contributed by atoms with Gasteiger partial charge in [0.05, 0.1) is 5.56 Å². The van der Waals surface area contributed by atoms with Crippen molar-refractivity contribution in [1.82, 2.24) is 4.90 Å². The molecule has 0 N–H and O–H groups in total. The first-order valence-corrected chi connectivity index (χ1v) is 4.55. The number of halogens is 1. The van der Waals surface area contributed by atoms with Gasteiger partial charge in [-0.25, -0.2) is 4.39 Å². The lowest BCUT2D eigenvalue weighted by atomic mass is 9.97. The average molecular weight is 208 g/mol. The molecule has 1 aromatic carbocycles. The molecule has 0 aliphatic carbocycles. The molecule has 5 heteroatoms. The summed E-state index contributed by atoms with van der Waals surface area (Å²) in [5.74, 6) is -0.788. The largest absolute Gasteiger partial charge is 0.341 e. The predicted molar refractivity (Wildman–Crippen MR) is 52.5 cm³/mol. The standard InChI is InChI=1S/C10H9FN2O2/c1-13-5-4-6-7(11)2-3-8(12-15)9(6)10(13)14/h2-3H,4-5H2,1H3.